The number of aromatic amines is 1. The standard InChI is InChI=1S/C22H14ClN3O2S2/c1-12-4-6-13(7-5-12)15-11-30-22-18(15)20(27)25-19(26-22)16(23)9-14-10-29-21(24-14)17-3-2-8-28-17/h2-11H,1H3,(H,25,26,27)/b16-9-. The van der Waals surface area contributed by atoms with Crippen LogP contribution in [0.5, 0.6) is 0 Å². The summed E-state index contributed by atoms with van der Waals surface area (Å²) in [6.07, 6.45) is 3.29. The van der Waals surface area contributed by atoms with Crippen molar-refractivity contribution in [3.63, 3.8) is 0 Å². The second-order valence-corrected chi connectivity index (χ2v) is 8.78. The first-order valence-electron chi connectivity index (χ1n) is 9.04. The summed E-state index contributed by atoms with van der Waals surface area (Å²) in [5.74, 6) is 1.02. The summed E-state index contributed by atoms with van der Waals surface area (Å²) in [7, 11) is 0. The summed E-state index contributed by atoms with van der Waals surface area (Å²) in [5.41, 5.74) is 3.49. The van der Waals surface area contributed by atoms with E-state index in [1.165, 1.54) is 28.2 Å². The highest BCUT2D eigenvalue weighted by atomic mass is 35.5. The first-order chi connectivity index (χ1) is 14.6. The summed E-state index contributed by atoms with van der Waals surface area (Å²) in [4.78, 5) is 25.4. The molecule has 0 aliphatic carbocycles. The molecule has 0 radical (unpaired) electrons. The molecular weight excluding hydrogens is 438 g/mol. The maximum Gasteiger partial charge on any atom is 0.260 e. The average molecular weight is 452 g/mol. The molecule has 0 bridgehead atoms. The predicted molar refractivity (Wildman–Crippen MR) is 124 cm³/mol. The molecule has 5 nitrogen and oxygen atoms in total. The number of furan rings is 1. The zero-order chi connectivity index (χ0) is 20.7. The van der Waals surface area contributed by atoms with Gasteiger partial charge in [0.1, 0.15) is 4.83 Å². The molecule has 1 N–H and O–H groups in total. The van der Waals surface area contributed by atoms with Gasteiger partial charge in [-0.25, -0.2) is 9.97 Å². The molecule has 4 heterocycles. The normalized spacial score (nSPS) is 12.0. The number of hydrogen-bond acceptors (Lipinski definition) is 6. The SMILES string of the molecule is Cc1ccc(-c2csc3nc(/C(Cl)=C/c4csc(-c5ccco5)n4)[nH]c(=O)c23)cc1. The van der Waals surface area contributed by atoms with E-state index in [1.54, 1.807) is 12.3 Å². The van der Waals surface area contributed by atoms with Gasteiger partial charge in [0.25, 0.3) is 5.56 Å². The van der Waals surface area contributed by atoms with E-state index in [2.05, 4.69) is 15.0 Å². The number of thiophene rings is 1. The van der Waals surface area contributed by atoms with Gasteiger partial charge in [0.15, 0.2) is 16.6 Å². The summed E-state index contributed by atoms with van der Waals surface area (Å²) in [5, 5.41) is 5.47. The number of H-pyrrole nitrogens is 1. The zero-order valence-corrected chi connectivity index (χ0v) is 18.1. The van der Waals surface area contributed by atoms with Crippen molar-refractivity contribution in [2.24, 2.45) is 0 Å². The van der Waals surface area contributed by atoms with Crippen LogP contribution in [0.1, 0.15) is 17.1 Å². The monoisotopic (exact) mass is 451 g/mol. The Bertz CT molecular complexity index is 1430. The van der Waals surface area contributed by atoms with Gasteiger partial charge in [-0.3, -0.25) is 4.79 Å². The number of hydrogen-bond donors (Lipinski definition) is 1. The highest BCUT2D eigenvalue weighted by Gasteiger charge is 2.15. The van der Waals surface area contributed by atoms with Crippen LogP contribution in [0.3, 0.4) is 0 Å². The van der Waals surface area contributed by atoms with Crippen LogP contribution >= 0.6 is 34.3 Å². The second-order valence-electron chi connectivity index (χ2n) is 6.66. The Kier molecular flexibility index (Phi) is 4.86. The van der Waals surface area contributed by atoms with Crippen LogP contribution in [0.15, 0.2) is 62.6 Å². The highest BCUT2D eigenvalue weighted by molar-refractivity contribution is 7.17. The molecule has 0 spiro atoms. The van der Waals surface area contributed by atoms with E-state index in [4.69, 9.17) is 16.0 Å². The van der Waals surface area contributed by atoms with Crippen molar-refractivity contribution < 1.29 is 4.42 Å². The predicted octanol–water partition coefficient (Wildman–Crippen LogP) is 6.41. The molecule has 5 rings (SSSR count). The van der Waals surface area contributed by atoms with E-state index < -0.39 is 0 Å². The molecule has 0 aliphatic rings. The van der Waals surface area contributed by atoms with Crippen LogP contribution in [-0.4, -0.2) is 15.0 Å². The molecule has 0 fully saturated rings. The smallest absolute Gasteiger partial charge is 0.260 e. The van der Waals surface area contributed by atoms with Crippen LogP contribution < -0.4 is 5.56 Å². The Balaban J connectivity index is 1.51. The summed E-state index contributed by atoms with van der Waals surface area (Å²) >= 11 is 9.34. The number of halogens is 1. The van der Waals surface area contributed by atoms with Gasteiger partial charge in [-0.15, -0.1) is 22.7 Å². The lowest BCUT2D eigenvalue weighted by atomic mass is 10.1. The van der Waals surface area contributed by atoms with E-state index in [0.29, 0.717) is 32.5 Å². The molecule has 0 unspecified atom stereocenters. The van der Waals surface area contributed by atoms with E-state index in [-0.39, 0.29) is 5.56 Å². The first kappa shape index (κ1) is 19.0. The van der Waals surface area contributed by atoms with E-state index in [9.17, 15) is 4.79 Å². The maximum atomic E-state index is 12.8. The molecule has 30 heavy (non-hydrogen) atoms. The number of nitrogens with zero attached hydrogens (tertiary/aromatic N) is 2. The van der Waals surface area contributed by atoms with E-state index in [1.807, 2.05) is 54.1 Å². The minimum absolute atomic E-state index is 0.215. The van der Waals surface area contributed by atoms with E-state index >= 15 is 0 Å². The summed E-state index contributed by atoms with van der Waals surface area (Å²) in [6, 6.07) is 11.7. The van der Waals surface area contributed by atoms with Crippen molar-refractivity contribution in [2.75, 3.05) is 0 Å². The maximum absolute atomic E-state index is 12.8. The van der Waals surface area contributed by atoms with Gasteiger partial charge >= 0.3 is 0 Å². The quantitative estimate of drug-likeness (QED) is 0.342. The Hall–Kier alpha value is -3.00. The van der Waals surface area contributed by atoms with Gasteiger partial charge in [-0.1, -0.05) is 41.4 Å². The van der Waals surface area contributed by atoms with Crippen LogP contribution in [0, 0.1) is 6.92 Å². The van der Waals surface area contributed by atoms with Crippen molar-refractivity contribution in [2.45, 2.75) is 6.92 Å². The Morgan fingerprint density at radius 2 is 1.97 bits per heavy atom. The molecule has 1 aromatic carbocycles. The fourth-order valence-corrected chi connectivity index (χ4v) is 4.96. The largest absolute Gasteiger partial charge is 0.462 e. The second kappa shape index (κ2) is 7.68. The molecule has 0 atom stereocenters. The molecule has 8 heteroatoms. The molecule has 0 saturated heterocycles. The van der Waals surface area contributed by atoms with Gasteiger partial charge in [0.05, 0.1) is 22.4 Å². The van der Waals surface area contributed by atoms with Crippen LogP contribution in [0.2, 0.25) is 0 Å². The van der Waals surface area contributed by atoms with Crippen molar-refractivity contribution in [3.05, 3.63) is 80.9 Å². The van der Waals surface area contributed by atoms with Crippen LogP contribution in [0.4, 0.5) is 0 Å². The molecular formula is C22H14ClN3O2S2. The fourth-order valence-electron chi connectivity index (χ4n) is 3.07. The van der Waals surface area contributed by atoms with Gasteiger partial charge in [-0.2, -0.15) is 0 Å². The molecule has 0 amide bonds. The van der Waals surface area contributed by atoms with Crippen LogP contribution in [0.25, 0.3) is 43.2 Å². The number of aromatic nitrogens is 3. The lowest BCUT2D eigenvalue weighted by molar-refractivity contribution is 0.582. The Labute approximate surface area is 184 Å². The third-order valence-corrected chi connectivity index (χ3v) is 6.60. The van der Waals surface area contributed by atoms with Gasteiger partial charge < -0.3 is 9.40 Å². The topological polar surface area (TPSA) is 71.8 Å². The number of thiazole rings is 1. The molecule has 148 valence electrons. The highest BCUT2D eigenvalue weighted by Crippen LogP contribution is 2.32. The van der Waals surface area contributed by atoms with Crippen molar-refractivity contribution >= 4 is 55.6 Å². The number of benzene rings is 1. The molecule has 0 saturated carbocycles. The van der Waals surface area contributed by atoms with Crippen molar-refractivity contribution in [1.82, 2.24) is 15.0 Å². The lowest BCUT2D eigenvalue weighted by Gasteiger charge is -2.02. The number of rotatable bonds is 4. The third kappa shape index (κ3) is 3.52. The van der Waals surface area contributed by atoms with Gasteiger partial charge in [-0.05, 0) is 30.7 Å². The summed E-state index contributed by atoms with van der Waals surface area (Å²) < 4.78 is 5.37. The lowest BCUT2D eigenvalue weighted by Crippen LogP contribution is -2.10. The van der Waals surface area contributed by atoms with Crippen molar-refractivity contribution in [3.8, 4) is 21.9 Å². The minimum Gasteiger partial charge on any atom is -0.462 e. The summed E-state index contributed by atoms with van der Waals surface area (Å²) in [6.45, 7) is 2.03. The molecule has 4 aromatic heterocycles. The zero-order valence-electron chi connectivity index (χ0n) is 15.7. The average Bonchev–Trinajstić information content (AvgIpc) is 3.49. The van der Waals surface area contributed by atoms with Crippen LogP contribution in [-0.2, 0) is 0 Å². The first-order valence-corrected chi connectivity index (χ1v) is 11.2. The molecule has 5 aromatic rings. The van der Waals surface area contributed by atoms with E-state index in [0.717, 1.165) is 16.1 Å². The van der Waals surface area contributed by atoms with Crippen molar-refractivity contribution in [1.29, 1.82) is 0 Å². The Morgan fingerprint density at radius 3 is 2.73 bits per heavy atom. The van der Waals surface area contributed by atoms with Gasteiger partial charge in [0.2, 0.25) is 0 Å². The van der Waals surface area contributed by atoms with Gasteiger partial charge in [0, 0.05) is 16.3 Å². The fraction of sp³-hybridized carbons (Fsp3) is 0.0455. The molecule has 0 aliphatic heterocycles. The Morgan fingerprint density at radius 1 is 1.13 bits per heavy atom. The minimum atomic E-state index is -0.215. The third-order valence-electron chi connectivity index (χ3n) is 4.56. The number of fused-ring (bicyclic) bond motifs is 1. The number of nitrogens with one attached hydrogen (secondary N) is 1. The number of aryl methyl sites for hydroxylation is 1.